The van der Waals surface area contributed by atoms with Crippen LogP contribution in [0.15, 0.2) is 18.2 Å². The summed E-state index contributed by atoms with van der Waals surface area (Å²) in [7, 11) is 0. The van der Waals surface area contributed by atoms with E-state index in [2.05, 4.69) is 12.2 Å². The van der Waals surface area contributed by atoms with Gasteiger partial charge in [0.05, 0.1) is 5.54 Å². The smallest absolute Gasteiger partial charge is 0.157 e. The zero-order valence-electron chi connectivity index (χ0n) is 11.8. The second-order valence-corrected chi connectivity index (χ2v) is 5.96. The Labute approximate surface area is 120 Å². The molecule has 3 heteroatoms. The van der Waals surface area contributed by atoms with E-state index in [4.69, 9.17) is 11.6 Å². The first-order valence-electron chi connectivity index (χ1n) is 7.11. The fourth-order valence-corrected chi connectivity index (χ4v) is 3.26. The van der Waals surface area contributed by atoms with Crippen LogP contribution in [0.3, 0.4) is 0 Å². The van der Waals surface area contributed by atoms with Crippen LogP contribution < -0.4 is 5.32 Å². The summed E-state index contributed by atoms with van der Waals surface area (Å²) in [5, 5.41) is 4.14. The third kappa shape index (κ3) is 3.18. The van der Waals surface area contributed by atoms with E-state index >= 15 is 0 Å². The van der Waals surface area contributed by atoms with Crippen molar-refractivity contribution in [2.45, 2.75) is 51.5 Å². The fraction of sp³-hybridized carbons (Fsp3) is 0.562. The number of aryl methyl sites for hydroxylation is 1. The molecule has 0 radical (unpaired) electrons. The highest BCUT2D eigenvalue weighted by Crippen LogP contribution is 2.28. The van der Waals surface area contributed by atoms with Crippen molar-refractivity contribution in [3.8, 4) is 0 Å². The highest BCUT2D eigenvalue weighted by Gasteiger charge is 2.39. The lowest BCUT2D eigenvalue weighted by atomic mass is 9.84. The molecule has 1 aromatic carbocycles. The third-order valence-corrected chi connectivity index (χ3v) is 4.37. The van der Waals surface area contributed by atoms with Crippen molar-refractivity contribution in [2.75, 3.05) is 6.54 Å². The molecule has 1 unspecified atom stereocenters. The van der Waals surface area contributed by atoms with E-state index in [1.54, 1.807) is 0 Å². The normalized spacial score (nSPS) is 22.7. The predicted octanol–water partition coefficient (Wildman–Crippen LogP) is 3.68. The van der Waals surface area contributed by atoms with E-state index in [9.17, 15) is 4.79 Å². The average molecular weight is 280 g/mol. The second-order valence-electron chi connectivity index (χ2n) is 5.56. The molecular formula is C16H22ClNO. The lowest BCUT2D eigenvalue weighted by Crippen LogP contribution is -2.48. The van der Waals surface area contributed by atoms with Crippen LogP contribution in [-0.2, 0) is 11.2 Å². The van der Waals surface area contributed by atoms with Crippen molar-refractivity contribution < 1.29 is 4.79 Å². The number of hydrogen-bond donors (Lipinski definition) is 1. The first-order valence-corrected chi connectivity index (χ1v) is 7.48. The number of hydrogen-bond acceptors (Lipinski definition) is 2. The summed E-state index contributed by atoms with van der Waals surface area (Å²) in [6.07, 6.45) is 4.44. The number of carbonyl (C=O) groups excluding carboxylic acids is 1. The number of benzene rings is 1. The Kier molecular flexibility index (Phi) is 4.64. The van der Waals surface area contributed by atoms with Gasteiger partial charge < -0.3 is 5.32 Å². The summed E-state index contributed by atoms with van der Waals surface area (Å²) in [4.78, 5) is 12.6. The Hall–Kier alpha value is -0.860. The molecule has 0 saturated carbocycles. The van der Waals surface area contributed by atoms with E-state index < -0.39 is 0 Å². The zero-order chi connectivity index (χ0) is 13.9. The molecule has 0 spiro atoms. The minimum atomic E-state index is -0.303. The highest BCUT2D eigenvalue weighted by molar-refractivity contribution is 6.31. The molecule has 0 aromatic heterocycles. The van der Waals surface area contributed by atoms with Crippen LogP contribution in [0.5, 0.6) is 0 Å². The van der Waals surface area contributed by atoms with Gasteiger partial charge in [0, 0.05) is 11.4 Å². The first kappa shape index (κ1) is 14.5. The molecule has 1 aliphatic heterocycles. The standard InChI is InChI=1S/C16H22ClNO/c1-3-7-16(8-4-9-18-16)15(19)11-13-6-5-12(2)10-14(13)17/h5-6,10,18H,3-4,7-9,11H2,1-2H3. The van der Waals surface area contributed by atoms with Gasteiger partial charge in [-0.25, -0.2) is 0 Å². The second kappa shape index (κ2) is 6.06. The van der Waals surface area contributed by atoms with Gasteiger partial charge in [-0.1, -0.05) is 37.1 Å². The molecule has 1 atom stereocenters. The maximum Gasteiger partial charge on any atom is 0.157 e. The van der Waals surface area contributed by atoms with Crippen LogP contribution in [0.25, 0.3) is 0 Å². The third-order valence-electron chi connectivity index (χ3n) is 4.01. The van der Waals surface area contributed by atoms with E-state index in [1.165, 1.54) is 0 Å². The molecule has 104 valence electrons. The number of carbonyl (C=O) groups is 1. The molecule has 19 heavy (non-hydrogen) atoms. The Morgan fingerprint density at radius 2 is 2.26 bits per heavy atom. The van der Waals surface area contributed by atoms with Gasteiger partial charge in [-0.15, -0.1) is 0 Å². The minimum Gasteiger partial charge on any atom is -0.305 e. The fourth-order valence-electron chi connectivity index (χ4n) is 2.96. The van der Waals surface area contributed by atoms with Crippen molar-refractivity contribution in [1.29, 1.82) is 0 Å². The summed E-state index contributed by atoms with van der Waals surface area (Å²) < 4.78 is 0. The van der Waals surface area contributed by atoms with Crippen LogP contribution in [0.1, 0.15) is 43.7 Å². The van der Waals surface area contributed by atoms with Gasteiger partial charge in [0.15, 0.2) is 5.78 Å². The predicted molar refractivity (Wildman–Crippen MR) is 79.8 cm³/mol. The van der Waals surface area contributed by atoms with Gasteiger partial charge in [0.1, 0.15) is 0 Å². The van der Waals surface area contributed by atoms with Crippen molar-refractivity contribution in [3.05, 3.63) is 34.3 Å². The minimum absolute atomic E-state index is 0.289. The number of halogens is 1. The quantitative estimate of drug-likeness (QED) is 0.891. The Bertz CT molecular complexity index is 464. The molecule has 2 rings (SSSR count). The van der Waals surface area contributed by atoms with Crippen LogP contribution in [0.4, 0.5) is 0 Å². The van der Waals surface area contributed by atoms with E-state index in [0.717, 1.165) is 43.4 Å². The Morgan fingerprint density at radius 3 is 2.84 bits per heavy atom. The number of Topliss-reactive ketones (excluding diaryl/α,β-unsaturated/α-hetero) is 1. The summed E-state index contributed by atoms with van der Waals surface area (Å²) in [6.45, 7) is 5.09. The zero-order valence-corrected chi connectivity index (χ0v) is 12.5. The van der Waals surface area contributed by atoms with Gasteiger partial charge in [0.25, 0.3) is 0 Å². The molecule has 2 nitrogen and oxygen atoms in total. The molecule has 0 aliphatic carbocycles. The molecule has 1 heterocycles. The summed E-state index contributed by atoms with van der Waals surface area (Å²) >= 11 is 6.23. The van der Waals surface area contributed by atoms with Crippen molar-refractivity contribution >= 4 is 17.4 Å². The van der Waals surface area contributed by atoms with Gasteiger partial charge >= 0.3 is 0 Å². The number of nitrogens with one attached hydrogen (secondary N) is 1. The van der Waals surface area contributed by atoms with Crippen LogP contribution >= 0.6 is 11.6 Å². The summed E-state index contributed by atoms with van der Waals surface area (Å²) in [5.74, 6) is 0.289. The van der Waals surface area contributed by atoms with Gasteiger partial charge in [-0.05, 0) is 49.9 Å². The molecule has 0 amide bonds. The lowest BCUT2D eigenvalue weighted by molar-refractivity contribution is -0.124. The van der Waals surface area contributed by atoms with E-state index in [-0.39, 0.29) is 11.3 Å². The average Bonchev–Trinajstić information content (AvgIpc) is 2.83. The number of ketones is 1. The summed E-state index contributed by atoms with van der Waals surface area (Å²) in [5.41, 5.74) is 1.77. The largest absolute Gasteiger partial charge is 0.305 e. The van der Waals surface area contributed by atoms with Crippen molar-refractivity contribution in [1.82, 2.24) is 5.32 Å². The van der Waals surface area contributed by atoms with E-state index in [1.807, 2.05) is 25.1 Å². The number of rotatable bonds is 5. The van der Waals surface area contributed by atoms with E-state index in [0.29, 0.717) is 11.4 Å². The Morgan fingerprint density at radius 1 is 1.47 bits per heavy atom. The highest BCUT2D eigenvalue weighted by atomic mass is 35.5. The molecule has 1 fully saturated rings. The first-order chi connectivity index (χ1) is 9.07. The maximum absolute atomic E-state index is 12.6. The molecule has 1 saturated heterocycles. The van der Waals surface area contributed by atoms with Crippen LogP contribution in [0, 0.1) is 6.92 Å². The van der Waals surface area contributed by atoms with Gasteiger partial charge in [0.2, 0.25) is 0 Å². The van der Waals surface area contributed by atoms with Crippen LogP contribution in [0.2, 0.25) is 5.02 Å². The molecule has 1 aromatic rings. The van der Waals surface area contributed by atoms with Crippen molar-refractivity contribution in [3.63, 3.8) is 0 Å². The molecule has 0 bridgehead atoms. The van der Waals surface area contributed by atoms with Crippen molar-refractivity contribution in [2.24, 2.45) is 0 Å². The monoisotopic (exact) mass is 279 g/mol. The Balaban J connectivity index is 2.15. The lowest BCUT2D eigenvalue weighted by Gasteiger charge is -2.28. The molecule has 1 N–H and O–H groups in total. The SMILES string of the molecule is CCCC1(C(=O)Cc2ccc(C)cc2Cl)CCCN1. The molecular weight excluding hydrogens is 258 g/mol. The summed E-state index contributed by atoms with van der Waals surface area (Å²) in [6, 6.07) is 5.92. The molecule has 1 aliphatic rings. The maximum atomic E-state index is 12.6. The van der Waals surface area contributed by atoms with Gasteiger partial charge in [-0.3, -0.25) is 4.79 Å². The topological polar surface area (TPSA) is 29.1 Å². The van der Waals surface area contributed by atoms with Crippen LogP contribution in [-0.4, -0.2) is 17.9 Å². The van der Waals surface area contributed by atoms with Gasteiger partial charge in [-0.2, -0.15) is 0 Å².